The van der Waals surface area contributed by atoms with E-state index in [0.29, 0.717) is 29.8 Å². The average molecular weight is 555 g/mol. The molecule has 11 nitrogen and oxygen atoms in total. The van der Waals surface area contributed by atoms with Crippen molar-refractivity contribution in [3.05, 3.63) is 54.5 Å². The van der Waals surface area contributed by atoms with Crippen molar-refractivity contribution in [3.63, 3.8) is 0 Å². The molecule has 214 valence electrons. The van der Waals surface area contributed by atoms with Crippen LogP contribution in [0.4, 0.5) is 32.3 Å². The van der Waals surface area contributed by atoms with Crippen molar-refractivity contribution >= 4 is 29.2 Å². The molecule has 0 bridgehead atoms. The summed E-state index contributed by atoms with van der Waals surface area (Å²) in [6, 6.07) is 11.3. The number of rotatable bonds is 11. The van der Waals surface area contributed by atoms with E-state index in [0.717, 1.165) is 37.6 Å². The third-order valence-electron chi connectivity index (χ3n) is 6.68. The number of methoxy groups -OCH3 is 2. The van der Waals surface area contributed by atoms with Crippen LogP contribution in [0, 0.1) is 5.82 Å². The molecule has 1 aliphatic rings. The average Bonchev–Trinajstić information content (AvgIpc) is 2.94. The van der Waals surface area contributed by atoms with Crippen molar-refractivity contribution in [2.75, 3.05) is 63.8 Å². The van der Waals surface area contributed by atoms with Crippen LogP contribution in [0.2, 0.25) is 0 Å². The summed E-state index contributed by atoms with van der Waals surface area (Å²) in [4.78, 5) is 26.4. The lowest BCUT2D eigenvalue weighted by Crippen LogP contribution is -2.49. The van der Waals surface area contributed by atoms with Gasteiger partial charge in [0.25, 0.3) is 0 Å². The molecule has 0 saturated carbocycles. The molecule has 0 spiro atoms. The third kappa shape index (κ3) is 7.07. The topological polar surface area (TPSA) is 113 Å². The minimum Gasteiger partial charge on any atom is -0.497 e. The molecule has 1 aliphatic heterocycles. The molecule has 2 N–H and O–H groups in total. The van der Waals surface area contributed by atoms with E-state index in [1.54, 1.807) is 24.3 Å². The number of piperazine rings is 1. The number of hydrogen-bond acceptors (Lipinski definition) is 9. The van der Waals surface area contributed by atoms with Crippen LogP contribution in [-0.4, -0.2) is 90.6 Å². The highest BCUT2D eigenvalue weighted by Gasteiger charge is 2.24. The van der Waals surface area contributed by atoms with Crippen molar-refractivity contribution in [1.29, 1.82) is 0 Å². The fourth-order valence-electron chi connectivity index (χ4n) is 4.44. The van der Waals surface area contributed by atoms with Crippen LogP contribution in [0.5, 0.6) is 17.2 Å². The smallest absolute Gasteiger partial charge is 0.417 e. The molecule has 0 unspecified atom stereocenters. The van der Waals surface area contributed by atoms with Crippen LogP contribution in [0.25, 0.3) is 0 Å². The summed E-state index contributed by atoms with van der Waals surface area (Å²) in [5.74, 6) is 0.528. The van der Waals surface area contributed by atoms with E-state index < -0.39 is 11.9 Å². The van der Waals surface area contributed by atoms with Gasteiger partial charge in [-0.05, 0) is 38.1 Å². The van der Waals surface area contributed by atoms with E-state index >= 15 is 0 Å². The SMILES string of the molecule is COc1ccc(OC)c(N(C(=O)O)c2ccnc(Nc3ccc(OCCN4CCN(C(C)C)CC4)c(F)c3)n2)c1. The quantitative estimate of drug-likeness (QED) is 0.349. The van der Waals surface area contributed by atoms with Gasteiger partial charge in [-0.2, -0.15) is 4.98 Å². The predicted octanol–water partition coefficient (Wildman–Crippen LogP) is 4.60. The fraction of sp³-hybridized carbons (Fsp3) is 0.393. The lowest BCUT2D eigenvalue weighted by Gasteiger charge is -2.36. The lowest BCUT2D eigenvalue weighted by molar-refractivity contribution is 0.0965. The van der Waals surface area contributed by atoms with Crippen LogP contribution in [-0.2, 0) is 0 Å². The number of nitrogens with one attached hydrogen (secondary N) is 1. The predicted molar refractivity (Wildman–Crippen MR) is 150 cm³/mol. The number of anilines is 4. The number of carbonyl (C=O) groups is 1. The normalized spacial score (nSPS) is 14.2. The highest BCUT2D eigenvalue weighted by Crippen LogP contribution is 2.36. The van der Waals surface area contributed by atoms with Crippen LogP contribution < -0.4 is 24.4 Å². The lowest BCUT2D eigenvalue weighted by atomic mass is 10.2. The molecule has 12 heteroatoms. The monoisotopic (exact) mass is 554 g/mol. The molecule has 40 heavy (non-hydrogen) atoms. The maximum Gasteiger partial charge on any atom is 0.417 e. The van der Waals surface area contributed by atoms with Gasteiger partial charge in [-0.1, -0.05) is 0 Å². The molecular formula is C28H35FN6O5. The molecule has 1 fully saturated rings. The number of amides is 1. The Balaban J connectivity index is 1.41. The first kappa shape index (κ1) is 28.8. The van der Waals surface area contributed by atoms with Gasteiger partial charge in [-0.15, -0.1) is 0 Å². The van der Waals surface area contributed by atoms with E-state index in [1.807, 2.05) is 0 Å². The van der Waals surface area contributed by atoms with Gasteiger partial charge < -0.3 is 24.6 Å². The summed E-state index contributed by atoms with van der Waals surface area (Å²) in [5, 5.41) is 12.9. The Morgan fingerprint density at radius 2 is 1.82 bits per heavy atom. The van der Waals surface area contributed by atoms with E-state index in [-0.39, 0.29) is 23.2 Å². The molecule has 1 aromatic heterocycles. The highest BCUT2D eigenvalue weighted by molar-refractivity contribution is 5.96. The zero-order valence-corrected chi connectivity index (χ0v) is 23.1. The van der Waals surface area contributed by atoms with Crippen molar-refractivity contribution in [2.24, 2.45) is 0 Å². The minimum absolute atomic E-state index is 0.0613. The van der Waals surface area contributed by atoms with E-state index in [2.05, 4.69) is 38.9 Å². The van der Waals surface area contributed by atoms with E-state index in [4.69, 9.17) is 14.2 Å². The Kier molecular flexibility index (Phi) is 9.56. The summed E-state index contributed by atoms with van der Waals surface area (Å²) in [6.07, 6.45) is 0.118. The second-order valence-electron chi connectivity index (χ2n) is 9.48. The Labute approximate surface area is 233 Å². The van der Waals surface area contributed by atoms with Crippen molar-refractivity contribution in [2.45, 2.75) is 19.9 Å². The maximum atomic E-state index is 14.8. The van der Waals surface area contributed by atoms with Crippen molar-refractivity contribution < 1.29 is 28.5 Å². The fourth-order valence-corrected chi connectivity index (χ4v) is 4.44. The Morgan fingerprint density at radius 3 is 2.48 bits per heavy atom. The summed E-state index contributed by atoms with van der Waals surface area (Å²) in [5.41, 5.74) is 0.598. The molecule has 1 amide bonds. The Bertz CT molecular complexity index is 1300. The van der Waals surface area contributed by atoms with Gasteiger partial charge in [0, 0.05) is 68.8 Å². The molecule has 3 aromatic rings. The van der Waals surface area contributed by atoms with Crippen molar-refractivity contribution in [1.82, 2.24) is 19.8 Å². The van der Waals surface area contributed by atoms with Crippen LogP contribution in [0.15, 0.2) is 48.7 Å². The van der Waals surface area contributed by atoms with E-state index in [9.17, 15) is 14.3 Å². The van der Waals surface area contributed by atoms with Crippen LogP contribution in [0.3, 0.4) is 0 Å². The number of aromatic nitrogens is 2. The molecule has 0 radical (unpaired) electrons. The Morgan fingerprint density at radius 1 is 1.07 bits per heavy atom. The molecule has 0 aliphatic carbocycles. The van der Waals surface area contributed by atoms with Gasteiger partial charge in [0.15, 0.2) is 11.6 Å². The molecule has 1 saturated heterocycles. The van der Waals surface area contributed by atoms with Gasteiger partial charge in [-0.25, -0.2) is 19.1 Å². The van der Waals surface area contributed by atoms with Gasteiger partial charge in [0.2, 0.25) is 5.95 Å². The van der Waals surface area contributed by atoms with E-state index in [1.165, 1.54) is 38.6 Å². The molecule has 0 atom stereocenters. The third-order valence-corrected chi connectivity index (χ3v) is 6.68. The largest absolute Gasteiger partial charge is 0.497 e. The number of benzene rings is 2. The second-order valence-corrected chi connectivity index (χ2v) is 9.48. The van der Waals surface area contributed by atoms with Gasteiger partial charge in [0.1, 0.15) is 23.9 Å². The number of nitrogens with zero attached hydrogens (tertiary/aromatic N) is 5. The summed E-state index contributed by atoms with van der Waals surface area (Å²) >= 11 is 0. The standard InChI is InChI=1S/C28H35FN6O5/c1-19(2)34-13-11-33(12-14-34)15-16-40-24-7-5-20(17-22(24)29)31-27-30-10-9-26(32-27)35(28(36)37)23-18-21(38-3)6-8-25(23)39-4/h5-10,17-19H,11-16H2,1-4H3,(H,36,37)(H,30,31,32). The second kappa shape index (κ2) is 13.3. The van der Waals surface area contributed by atoms with Gasteiger partial charge in [0.05, 0.1) is 19.9 Å². The summed E-state index contributed by atoms with van der Waals surface area (Å²) in [6.45, 7) is 9.49. The zero-order valence-electron chi connectivity index (χ0n) is 23.1. The zero-order chi connectivity index (χ0) is 28.6. The van der Waals surface area contributed by atoms with Crippen molar-refractivity contribution in [3.8, 4) is 17.2 Å². The van der Waals surface area contributed by atoms with Crippen LogP contribution in [0.1, 0.15) is 13.8 Å². The number of carboxylic acid groups (broad SMARTS) is 1. The maximum absolute atomic E-state index is 14.8. The van der Waals surface area contributed by atoms with Crippen LogP contribution >= 0.6 is 0 Å². The molecule has 2 heterocycles. The molecule has 2 aromatic carbocycles. The summed E-state index contributed by atoms with van der Waals surface area (Å²) < 4.78 is 31.1. The minimum atomic E-state index is -1.29. The summed E-state index contributed by atoms with van der Waals surface area (Å²) in [7, 11) is 2.92. The van der Waals surface area contributed by atoms with Gasteiger partial charge >= 0.3 is 6.09 Å². The molecular weight excluding hydrogens is 519 g/mol. The first-order valence-electron chi connectivity index (χ1n) is 13.0. The van der Waals surface area contributed by atoms with Gasteiger partial charge in [-0.3, -0.25) is 9.80 Å². The first-order valence-corrected chi connectivity index (χ1v) is 13.0. The highest BCUT2D eigenvalue weighted by atomic mass is 19.1. The number of halogens is 1. The Hall–Kier alpha value is -4.16. The number of ether oxygens (including phenoxy) is 3. The first-order chi connectivity index (χ1) is 19.3. The molecule has 4 rings (SSSR count). The number of hydrogen-bond donors (Lipinski definition) is 2.